The normalized spacial score (nSPS) is 25.2. The Hall–Kier alpha value is -1.10. The van der Waals surface area contributed by atoms with E-state index in [0.29, 0.717) is 17.9 Å². The number of aromatic nitrogens is 2. The van der Waals surface area contributed by atoms with Crippen LogP contribution in [0.5, 0.6) is 0 Å². The van der Waals surface area contributed by atoms with Gasteiger partial charge in [0.05, 0.1) is 6.04 Å². The van der Waals surface area contributed by atoms with Crippen LogP contribution in [-0.4, -0.2) is 22.8 Å². The third kappa shape index (κ3) is 3.69. The molecule has 2 rings (SSSR count). The molecule has 1 fully saturated rings. The minimum atomic E-state index is 0.112. The van der Waals surface area contributed by atoms with Crippen molar-refractivity contribution in [1.29, 1.82) is 0 Å². The molecule has 0 aromatic carbocycles. The maximum absolute atomic E-state index is 5.70. The van der Waals surface area contributed by atoms with Gasteiger partial charge in [0.2, 0.25) is 5.89 Å². The lowest BCUT2D eigenvalue weighted by molar-refractivity contribution is 0.310. The summed E-state index contributed by atoms with van der Waals surface area (Å²) < 4.78 is 5.70. The third-order valence-electron chi connectivity index (χ3n) is 4.06. The van der Waals surface area contributed by atoms with E-state index < -0.39 is 0 Å². The highest BCUT2D eigenvalue weighted by Gasteiger charge is 2.25. The van der Waals surface area contributed by atoms with Crippen molar-refractivity contribution < 1.29 is 4.42 Å². The lowest BCUT2D eigenvalue weighted by atomic mass is 9.83. The molecular formula is C14H26N4O. The standard InChI is InChI=1S/C14H26N4O/c1-4-11-8-6-7-9-12(11)16-14-18-17-13(19-14)10(3)15-5-2/h10-12,15H,4-9H2,1-3H3,(H,16,18). The quantitative estimate of drug-likeness (QED) is 0.828. The van der Waals surface area contributed by atoms with Gasteiger partial charge in [0.1, 0.15) is 0 Å². The number of hydrogen-bond donors (Lipinski definition) is 2. The zero-order valence-electron chi connectivity index (χ0n) is 12.3. The van der Waals surface area contributed by atoms with E-state index in [2.05, 4.69) is 34.7 Å². The van der Waals surface area contributed by atoms with E-state index in [1.807, 2.05) is 6.92 Å². The van der Waals surface area contributed by atoms with Crippen LogP contribution in [0, 0.1) is 5.92 Å². The SMILES string of the molecule is CCNC(C)c1nnc(NC2CCCCC2CC)o1. The molecule has 3 atom stereocenters. The van der Waals surface area contributed by atoms with Crippen LogP contribution in [0.25, 0.3) is 0 Å². The Kier molecular flexibility index (Phi) is 5.19. The summed E-state index contributed by atoms with van der Waals surface area (Å²) in [6.45, 7) is 7.26. The fraction of sp³-hybridized carbons (Fsp3) is 0.857. The highest BCUT2D eigenvalue weighted by atomic mass is 16.4. The lowest BCUT2D eigenvalue weighted by Crippen LogP contribution is -2.31. The number of nitrogens with zero attached hydrogens (tertiary/aromatic N) is 2. The molecule has 1 aliphatic carbocycles. The number of rotatable bonds is 6. The third-order valence-corrected chi connectivity index (χ3v) is 4.06. The fourth-order valence-corrected chi connectivity index (χ4v) is 2.91. The first kappa shape index (κ1) is 14.3. The predicted octanol–water partition coefficient (Wildman–Crippen LogP) is 3.12. The first-order chi connectivity index (χ1) is 9.24. The number of nitrogens with one attached hydrogen (secondary N) is 2. The van der Waals surface area contributed by atoms with Gasteiger partial charge in [-0.2, -0.15) is 0 Å². The van der Waals surface area contributed by atoms with Crippen LogP contribution in [0.15, 0.2) is 4.42 Å². The van der Waals surface area contributed by atoms with Crippen LogP contribution < -0.4 is 10.6 Å². The Morgan fingerprint density at radius 2 is 2.05 bits per heavy atom. The van der Waals surface area contributed by atoms with E-state index >= 15 is 0 Å². The lowest BCUT2D eigenvalue weighted by Gasteiger charge is -2.30. The van der Waals surface area contributed by atoms with E-state index in [1.165, 1.54) is 32.1 Å². The Morgan fingerprint density at radius 3 is 2.79 bits per heavy atom. The highest BCUT2D eigenvalue weighted by Crippen LogP contribution is 2.29. The molecule has 1 saturated carbocycles. The maximum Gasteiger partial charge on any atom is 0.315 e. The first-order valence-corrected chi connectivity index (χ1v) is 7.57. The summed E-state index contributed by atoms with van der Waals surface area (Å²) in [5, 5.41) is 14.9. The average Bonchev–Trinajstić information content (AvgIpc) is 2.88. The summed E-state index contributed by atoms with van der Waals surface area (Å²) in [6.07, 6.45) is 6.38. The largest absolute Gasteiger partial charge is 0.406 e. The molecule has 5 heteroatoms. The molecule has 0 amide bonds. The summed E-state index contributed by atoms with van der Waals surface area (Å²) in [5.41, 5.74) is 0. The second-order valence-electron chi connectivity index (χ2n) is 5.43. The van der Waals surface area contributed by atoms with Gasteiger partial charge < -0.3 is 15.1 Å². The smallest absolute Gasteiger partial charge is 0.315 e. The van der Waals surface area contributed by atoms with Gasteiger partial charge in [-0.15, -0.1) is 5.10 Å². The minimum absolute atomic E-state index is 0.112. The molecule has 0 aliphatic heterocycles. The van der Waals surface area contributed by atoms with Gasteiger partial charge in [-0.25, -0.2) is 0 Å². The van der Waals surface area contributed by atoms with Crippen LogP contribution >= 0.6 is 0 Å². The highest BCUT2D eigenvalue weighted by molar-refractivity contribution is 5.20. The van der Waals surface area contributed by atoms with Gasteiger partial charge in [-0.05, 0) is 32.2 Å². The molecule has 1 aromatic heterocycles. The molecule has 108 valence electrons. The number of anilines is 1. The van der Waals surface area contributed by atoms with Crippen molar-refractivity contribution in [3.8, 4) is 0 Å². The topological polar surface area (TPSA) is 63.0 Å². The van der Waals surface area contributed by atoms with Gasteiger partial charge >= 0.3 is 6.01 Å². The van der Waals surface area contributed by atoms with Crippen molar-refractivity contribution in [1.82, 2.24) is 15.5 Å². The van der Waals surface area contributed by atoms with Crippen molar-refractivity contribution in [3.05, 3.63) is 5.89 Å². The van der Waals surface area contributed by atoms with Crippen LogP contribution in [0.3, 0.4) is 0 Å². The molecule has 19 heavy (non-hydrogen) atoms. The van der Waals surface area contributed by atoms with E-state index in [4.69, 9.17) is 4.42 Å². The first-order valence-electron chi connectivity index (χ1n) is 7.57. The van der Waals surface area contributed by atoms with Gasteiger partial charge in [0.15, 0.2) is 0 Å². The second kappa shape index (κ2) is 6.89. The molecule has 0 radical (unpaired) electrons. The van der Waals surface area contributed by atoms with E-state index in [0.717, 1.165) is 12.5 Å². The Balaban J connectivity index is 1.95. The van der Waals surface area contributed by atoms with Crippen LogP contribution in [-0.2, 0) is 0 Å². The minimum Gasteiger partial charge on any atom is -0.406 e. The summed E-state index contributed by atoms with van der Waals surface area (Å²) >= 11 is 0. The van der Waals surface area contributed by atoms with Crippen molar-refractivity contribution in [2.75, 3.05) is 11.9 Å². The summed E-state index contributed by atoms with van der Waals surface area (Å²) in [6, 6.07) is 1.17. The summed E-state index contributed by atoms with van der Waals surface area (Å²) in [4.78, 5) is 0. The molecular weight excluding hydrogens is 240 g/mol. The van der Waals surface area contributed by atoms with Crippen molar-refractivity contribution in [2.45, 2.75) is 65.0 Å². The molecule has 1 aromatic rings. The maximum atomic E-state index is 5.70. The van der Waals surface area contributed by atoms with Crippen LogP contribution in [0.2, 0.25) is 0 Å². The predicted molar refractivity (Wildman–Crippen MR) is 76.0 cm³/mol. The molecule has 1 heterocycles. The van der Waals surface area contributed by atoms with Crippen molar-refractivity contribution in [3.63, 3.8) is 0 Å². The zero-order valence-corrected chi connectivity index (χ0v) is 12.3. The van der Waals surface area contributed by atoms with Gasteiger partial charge in [0.25, 0.3) is 0 Å². The van der Waals surface area contributed by atoms with Crippen LogP contribution in [0.1, 0.15) is 64.8 Å². The molecule has 1 aliphatic rings. The van der Waals surface area contributed by atoms with E-state index in [9.17, 15) is 0 Å². The van der Waals surface area contributed by atoms with Gasteiger partial charge in [-0.1, -0.05) is 38.2 Å². The molecule has 0 bridgehead atoms. The molecule has 3 unspecified atom stereocenters. The van der Waals surface area contributed by atoms with Gasteiger partial charge in [0, 0.05) is 6.04 Å². The monoisotopic (exact) mass is 266 g/mol. The second-order valence-corrected chi connectivity index (χ2v) is 5.43. The average molecular weight is 266 g/mol. The Labute approximate surface area is 115 Å². The summed E-state index contributed by atoms with van der Waals surface area (Å²) in [5.74, 6) is 1.39. The Morgan fingerprint density at radius 1 is 1.26 bits per heavy atom. The van der Waals surface area contributed by atoms with Crippen molar-refractivity contribution in [2.24, 2.45) is 5.92 Å². The van der Waals surface area contributed by atoms with Crippen molar-refractivity contribution >= 4 is 6.01 Å². The zero-order chi connectivity index (χ0) is 13.7. The molecule has 5 nitrogen and oxygen atoms in total. The fourth-order valence-electron chi connectivity index (χ4n) is 2.91. The Bertz CT molecular complexity index is 379. The van der Waals surface area contributed by atoms with E-state index in [1.54, 1.807) is 0 Å². The molecule has 0 spiro atoms. The molecule has 2 N–H and O–H groups in total. The molecule has 0 saturated heterocycles. The number of hydrogen-bond acceptors (Lipinski definition) is 5. The van der Waals surface area contributed by atoms with E-state index in [-0.39, 0.29) is 6.04 Å². The van der Waals surface area contributed by atoms with Crippen LogP contribution in [0.4, 0.5) is 6.01 Å². The van der Waals surface area contributed by atoms with Gasteiger partial charge in [-0.3, -0.25) is 0 Å². The summed E-state index contributed by atoms with van der Waals surface area (Å²) in [7, 11) is 0.